The Morgan fingerprint density at radius 3 is 1.98 bits per heavy atom. The summed E-state index contributed by atoms with van der Waals surface area (Å²) >= 11 is 0. The van der Waals surface area contributed by atoms with E-state index in [4.69, 9.17) is 4.74 Å². The van der Waals surface area contributed by atoms with Gasteiger partial charge in [0.15, 0.2) is 0 Å². The van der Waals surface area contributed by atoms with Crippen molar-refractivity contribution in [3.05, 3.63) is 142 Å². The van der Waals surface area contributed by atoms with E-state index in [0.29, 0.717) is 13.0 Å². The van der Waals surface area contributed by atoms with E-state index in [2.05, 4.69) is 19.1 Å². The highest BCUT2D eigenvalue weighted by atomic mass is 32.2. The van der Waals surface area contributed by atoms with E-state index in [9.17, 15) is 0 Å². The van der Waals surface area contributed by atoms with Crippen molar-refractivity contribution in [3.8, 4) is 0 Å². The number of nitrogens with zero attached hydrogens (tertiary/aromatic N) is 2. The third kappa shape index (κ3) is 5.12. The number of hydrogen-bond donors (Lipinski definition) is 0. The molecule has 11 aliphatic carbocycles. The molecule has 17 rings (SSSR count). The highest BCUT2D eigenvalue weighted by molar-refractivity contribution is 7.89. The van der Waals surface area contributed by atoms with Gasteiger partial charge in [-0.25, -0.2) is 16.8 Å². The summed E-state index contributed by atoms with van der Waals surface area (Å²) in [5.74, 6) is 8.27. The minimum absolute atomic E-state index is 0.0573. The second kappa shape index (κ2) is 13.4. The summed E-state index contributed by atoms with van der Waals surface area (Å²) < 4.78 is 71.8. The lowest BCUT2D eigenvalue weighted by atomic mass is 9.21. The fraction of sp³-hybridized carbons (Fsp3) is 0.490. The smallest absolute Gasteiger partial charge is 0.244 e. The first kappa shape index (κ1) is 38.0. The molecule has 0 aromatic heterocycles. The first-order valence-corrected chi connectivity index (χ1v) is 25.6. The van der Waals surface area contributed by atoms with E-state index in [0.717, 1.165) is 98.8 Å². The predicted octanol–water partition coefficient (Wildman–Crippen LogP) is 9.65. The number of benzene rings is 4. The minimum atomic E-state index is -4.08. The first-order chi connectivity index (χ1) is 29.0. The van der Waals surface area contributed by atoms with Crippen LogP contribution in [0.3, 0.4) is 0 Å². The summed E-state index contributed by atoms with van der Waals surface area (Å²) in [6.07, 6.45) is 7.12. The van der Waals surface area contributed by atoms with Gasteiger partial charge in [0.1, 0.15) is 5.76 Å². The molecule has 0 N–H and O–H groups in total. The Morgan fingerprint density at radius 2 is 1.30 bits per heavy atom. The van der Waals surface area contributed by atoms with Crippen LogP contribution in [-0.2, 0) is 31.2 Å². The van der Waals surface area contributed by atoms with E-state index in [-0.39, 0.29) is 28.2 Å². The molecular weight excluding hydrogens is 785 g/mol. The average molecular weight is 841 g/mol. The molecule has 13 aliphatic rings. The van der Waals surface area contributed by atoms with Crippen LogP contribution in [-0.4, -0.2) is 44.6 Å². The molecule has 9 heteroatoms. The van der Waals surface area contributed by atoms with Crippen LogP contribution < -0.4 is 0 Å². The Labute approximate surface area is 356 Å². The van der Waals surface area contributed by atoms with Crippen molar-refractivity contribution in [2.45, 2.75) is 93.6 Å². The normalized spacial score (nSPS) is 37.4. The van der Waals surface area contributed by atoms with Gasteiger partial charge in [0, 0.05) is 24.0 Å². The maximum atomic E-state index is 15.4. The molecule has 7 nitrogen and oxygen atoms in total. The van der Waals surface area contributed by atoms with Gasteiger partial charge < -0.3 is 4.74 Å². The lowest BCUT2D eigenvalue weighted by Gasteiger charge is -2.83. The van der Waals surface area contributed by atoms with Gasteiger partial charge in [-0.1, -0.05) is 96.9 Å². The van der Waals surface area contributed by atoms with E-state index in [1.165, 1.54) is 25.7 Å². The van der Waals surface area contributed by atoms with Gasteiger partial charge in [0.05, 0.1) is 34.5 Å². The van der Waals surface area contributed by atoms with Crippen molar-refractivity contribution in [1.29, 1.82) is 0 Å². The number of hydrogen-bond acceptors (Lipinski definition) is 5. The number of aryl methyl sites for hydroxylation is 3. The molecule has 2 aliphatic heterocycles. The quantitative estimate of drug-likeness (QED) is 0.159. The lowest BCUT2D eigenvalue weighted by Crippen LogP contribution is -2.82. The van der Waals surface area contributed by atoms with Crippen LogP contribution in [0.1, 0.15) is 85.3 Å². The maximum absolute atomic E-state index is 15.4. The Bertz CT molecular complexity index is 2610. The molecule has 1 saturated heterocycles. The topological polar surface area (TPSA) is 84.0 Å². The van der Waals surface area contributed by atoms with Crippen LogP contribution in [0.15, 0.2) is 124 Å². The summed E-state index contributed by atoms with van der Waals surface area (Å²) in [7, 11) is -8.11. The van der Waals surface area contributed by atoms with Gasteiger partial charge in [-0.05, 0) is 147 Å². The number of piperidine rings is 1. The van der Waals surface area contributed by atoms with Crippen LogP contribution in [0.25, 0.3) is 0 Å². The van der Waals surface area contributed by atoms with Crippen molar-refractivity contribution in [2.75, 3.05) is 13.2 Å². The highest BCUT2D eigenvalue weighted by Gasteiger charge is 2.88. The number of sulfonamides is 2. The summed E-state index contributed by atoms with van der Waals surface area (Å²) in [4.78, 5) is 0.495. The van der Waals surface area contributed by atoms with Crippen LogP contribution in [0, 0.1) is 72.5 Å². The fourth-order valence-electron chi connectivity index (χ4n) is 15.4. The summed E-state index contributed by atoms with van der Waals surface area (Å²) in [5.41, 5.74) is 5.93. The van der Waals surface area contributed by atoms with Gasteiger partial charge in [0.2, 0.25) is 20.0 Å². The molecular formula is C51H56N2O5S2. The van der Waals surface area contributed by atoms with Crippen LogP contribution in [0.4, 0.5) is 0 Å². The molecule has 12 fully saturated rings. The third-order valence-electron chi connectivity index (χ3n) is 17.7. The van der Waals surface area contributed by atoms with E-state index < -0.39 is 38.2 Å². The van der Waals surface area contributed by atoms with Crippen molar-refractivity contribution in [1.82, 2.24) is 8.61 Å². The van der Waals surface area contributed by atoms with E-state index in [1.807, 2.05) is 80.6 Å². The summed E-state index contributed by atoms with van der Waals surface area (Å²) in [6, 6.07) is 30.8. The van der Waals surface area contributed by atoms with Crippen LogP contribution in [0.2, 0.25) is 0 Å². The zero-order chi connectivity index (χ0) is 40.9. The molecule has 60 heavy (non-hydrogen) atoms. The monoisotopic (exact) mass is 840 g/mol. The molecule has 13 atom stereocenters. The van der Waals surface area contributed by atoms with Crippen molar-refractivity contribution in [2.24, 2.45) is 58.7 Å². The minimum Gasteiger partial charge on any atom is -0.497 e. The first-order valence-electron chi connectivity index (χ1n) is 22.7. The predicted molar refractivity (Wildman–Crippen MR) is 231 cm³/mol. The van der Waals surface area contributed by atoms with Gasteiger partial charge in [-0.3, -0.25) is 0 Å². The SMILES string of the molecule is CCc1ccc(C2CC3C(=C(OCC45C6C7CC8CCC9C(C7)C(C94)C5C86)CC(c4ccccc4)N3S(=O)(=O)c3ccc(C)cc3)CN2S(=O)(=O)c2ccc(C)cc2)cc1. The zero-order valence-electron chi connectivity index (χ0n) is 34.9. The van der Waals surface area contributed by atoms with Crippen LogP contribution >= 0.6 is 0 Å². The third-order valence-corrected chi connectivity index (χ3v) is 21.5. The molecule has 13 unspecified atom stereocenters. The van der Waals surface area contributed by atoms with E-state index >= 15 is 16.8 Å². The van der Waals surface area contributed by atoms with Gasteiger partial charge >= 0.3 is 0 Å². The standard InChI is InChI=1S/C51H56N2O5S2/c1-4-32-14-16-34(17-15-32)42-26-44-41(28-52(42)59(54,55)37-19-10-30(2)11-20-37)45(27-43(33-8-6-5-7-9-33)53(44)60(56,57)38-21-12-31(3)13-22-38)58-29-51-48-36-24-35-18-23-39-40(25-36)47(49(39)51)50(51)46(35)48/h5-17,19-22,35-36,39-40,42-44,46-50H,4,18,23-29H2,1-3H3. The van der Waals surface area contributed by atoms with Crippen molar-refractivity contribution < 1.29 is 21.6 Å². The number of fused-ring (bicyclic) bond motifs is 1. The molecule has 4 aromatic rings. The molecule has 312 valence electrons. The summed E-state index contributed by atoms with van der Waals surface area (Å²) in [6.45, 7) is 6.78. The molecule has 4 aromatic carbocycles. The molecule has 0 radical (unpaired) electrons. The molecule has 2 heterocycles. The van der Waals surface area contributed by atoms with Crippen molar-refractivity contribution >= 4 is 20.0 Å². The number of rotatable bonds is 10. The highest BCUT2D eigenvalue weighted by Crippen LogP contribution is 2.91. The molecule has 0 amide bonds. The van der Waals surface area contributed by atoms with E-state index in [1.54, 1.807) is 32.9 Å². The van der Waals surface area contributed by atoms with Gasteiger partial charge in [-0.2, -0.15) is 8.61 Å². The fourth-order valence-corrected chi connectivity index (χ4v) is 18.8. The number of ether oxygens (including phenoxy) is 1. The van der Waals surface area contributed by atoms with Gasteiger partial charge in [0.25, 0.3) is 0 Å². The van der Waals surface area contributed by atoms with Crippen LogP contribution in [0.5, 0.6) is 0 Å². The average Bonchev–Trinajstić information content (AvgIpc) is 3.32. The van der Waals surface area contributed by atoms with Crippen molar-refractivity contribution in [3.63, 3.8) is 0 Å². The Kier molecular flexibility index (Phi) is 8.46. The lowest BCUT2D eigenvalue weighted by molar-refractivity contribution is -0.381. The second-order valence-corrected chi connectivity index (χ2v) is 23.7. The largest absolute Gasteiger partial charge is 0.497 e. The molecule has 0 spiro atoms. The Hall–Kier alpha value is -3.76. The zero-order valence-corrected chi connectivity index (χ0v) is 36.5. The second-order valence-electron chi connectivity index (χ2n) is 20.0. The maximum Gasteiger partial charge on any atom is 0.244 e. The Morgan fingerprint density at radius 1 is 0.633 bits per heavy atom. The Balaban J connectivity index is 1.01. The molecule has 10 bridgehead atoms. The van der Waals surface area contributed by atoms with Gasteiger partial charge in [-0.15, -0.1) is 0 Å². The molecule has 11 saturated carbocycles. The summed E-state index contributed by atoms with van der Waals surface area (Å²) in [5, 5.41) is 0.